The zero-order valence-electron chi connectivity index (χ0n) is 40.5. The van der Waals surface area contributed by atoms with Gasteiger partial charge >= 0.3 is 5.97 Å². The van der Waals surface area contributed by atoms with Crippen LogP contribution < -0.4 is 16.0 Å². The first-order valence-corrected chi connectivity index (χ1v) is 23.7. The van der Waals surface area contributed by atoms with E-state index in [4.69, 9.17) is 9.47 Å². The first-order chi connectivity index (χ1) is 31.4. The van der Waals surface area contributed by atoms with E-state index in [1.165, 1.54) is 32.8 Å². The molecule has 0 bridgehead atoms. The number of likely N-dealkylation sites (tertiary alicyclic amines) is 1. The Bertz CT molecular complexity index is 1800. The molecule has 1 aliphatic carbocycles. The zero-order chi connectivity index (χ0) is 49.0. The number of nitrogens with one attached hydrogen (secondary N) is 3. The first-order valence-electron chi connectivity index (χ1n) is 23.7. The van der Waals surface area contributed by atoms with Crippen LogP contribution in [0.15, 0.2) is 42.5 Å². The van der Waals surface area contributed by atoms with E-state index in [-0.39, 0.29) is 67.8 Å². The first kappa shape index (κ1) is 55.2. The molecule has 2 fully saturated rings. The number of rotatable bonds is 24. The monoisotopic (exact) mass is 925 g/mol. The Balaban J connectivity index is 0.00000375. The van der Waals surface area contributed by atoms with Gasteiger partial charge in [-0.15, -0.1) is 0 Å². The number of nitrogens with zero attached hydrogens (tertiary/aromatic N) is 3. The zero-order valence-corrected chi connectivity index (χ0v) is 40.5. The van der Waals surface area contributed by atoms with E-state index >= 15 is 0 Å². The molecule has 1 aromatic carbocycles. The van der Waals surface area contributed by atoms with Crippen LogP contribution in [0.5, 0.6) is 0 Å². The predicted octanol–water partition coefficient (Wildman–Crippen LogP) is 4.17. The number of likely N-dealkylation sites (N-methyl/N-ethyl adjacent to an activating group) is 1. The highest BCUT2D eigenvalue weighted by Crippen LogP contribution is 2.34. The molecule has 2 heterocycles. The Morgan fingerprint density at radius 1 is 0.894 bits per heavy atom. The number of ether oxygens (including phenoxy) is 2. The Morgan fingerprint density at radius 3 is 2.12 bits per heavy atom. The fourth-order valence-corrected chi connectivity index (χ4v) is 9.14. The number of hydrogen-bond donors (Lipinski definition) is 4. The maximum absolute atomic E-state index is 14.3. The third-order valence-electron chi connectivity index (χ3n) is 12.7. The highest BCUT2D eigenvalue weighted by molar-refractivity contribution is 6.12. The smallest absolute Gasteiger partial charge is 0.326 e. The van der Waals surface area contributed by atoms with Gasteiger partial charge in [0.05, 0.1) is 43.2 Å². The molecular weight excluding hydrogens is 849 g/mol. The molecule has 0 aromatic heterocycles. The molecule has 2 aliphatic heterocycles. The lowest BCUT2D eigenvalue weighted by Crippen LogP contribution is -2.58. The average molecular weight is 925 g/mol. The van der Waals surface area contributed by atoms with Gasteiger partial charge in [-0.25, -0.2) is 4.79 Å². The number of imide groups is 1. The van der Waals surface area contributed by atoms with Gasteiger partial charge in [0.25, 0.3) is 11.8 Å². The van der Waals surface area contributed by atoms with Gasteiger partial charge < -0.3 is 40.3 Å². The highest BCUT2D eigenvalue weighted by Gasteiger charge is 2.43. The lowest BCUT2D eigenvalue weighted by Gasteiger charge is -2.41. The van der Waals surface area contributed by atoms with Gasteiger partial charge in [0.1, 0.15) is 11.6 Å². The minimum Gasteiger partial charge on any atom is -0.480 e. The number of methoxy groups -OCH3 is 2. The number of benzene rings is 1. The van der Waals surface area contributed by atoms with Crippen LogP contribution in [0.3, 0.4) is 0 Å². The predicted molar refractivity (Wildman–Crippen MR) is 248 cm³/mol. The standard InChI is InChI=1S/C46H68N6O11.C3H8/c1-30(43(58)48-33(44(59)60)27-31-17-10-7-11-18-31)42(63-6)34-21-16-26-51(34)39(56)28-35(62-5)41(32-19-12-8-13-20-32)50(4)40(57)29-47-45(61)46(2,3)49-36(53)22-14-9-15-25-52-37(54)23-24-38(52)55;1-3-2/h7,10-11,17-18,23-24,30,32-35,41-42H,8-9,12-16,19-22,25-29H2,1-6H3,(H,47,61)(H,48,58)(H,49,53)(H,59,60);3H2,1-2H3. The van der Waals surface area contributed by atoms with Gasteiger partial charge in [-0.3, -0.25) is 38.5 Å². The number of carboxylic acid groups (broad SMARTS) is 1. The van der Waals surface area contributed by atoms with Crippen LogP contribution in [0.25, 0.3) is 0 Å². The van der Waals surface area contributed by atoms with Crippen LogP contribution in [0.4, 0.5) is 0 Å². The van der Waals surface area contributed by atoms with Crippen LogP contribution in [0.1, 0.15) is 124 Å². The summed E-state index contributed by atoms with van der Waals surface area (Å²) in [5.41, 5.74) is -0.562. The van der Waals surface area contributed by atoms with E-state index in [0.717, 1.165) is 42.6 Å². The van der Waals surface area contributed by atoms with Crippen molar-refractivity contribution in [1.82, 2.24) is 30.7 Å². The number of carbonyl (C=O) groups is 8. The van der Waals surface area contributed by atoms with Gasteiger partial charge in [-0.2, -0.15) is 0 Å². The molecule has 1 saturated heterocycles. The van der Waals surface area contributed by atoms with E-state index in [0.29, 0.717) is 38.6 Å². The van der Waals surface area contributed by atoms with Crippen LogP contribution in [0.2, 0.25) is 0 Å². The molecular formula is C49H76N6O11. The summed E-state index contributed by atoms with van der Waals surface area (Å²) in [6.45, 7) is 9.38. The van der Waals surface area contributed by atoms with Crippen molar-refractivity contribution in [1.29, 1.82) is 0 Å². The Morgan fingerprint density at radius 2 is 1.53 bits per heavy atom. The molecule has 7 amide bonds. The number of aliphatic carboxylic acids is 1. The molecule has 3 aliphatic rings. The summed E-state index contributed by atoms with van der Waals surface area (Å²) in [5, 5.41) is 18.0. The summed E-state index contributed by atoms with van der Waals surface area (Å²) >= 11 is 0. The third kappa shape index (κ3) is 16.3. The summed E-state index contributed by atoms with van der Waals surface area (Å²) < 4.78 is 11.9. The van der Waals surface area contributed by atoms with Gasteiger partial charge in [-0.05, 0) is 63.9 Å². The summed E-state index contributed by atoms with van der Waals surface area (Å²) in [4.78, 5) is 108. The lowest BCUT2D eigenvalue weighted by molar-refractivity contribution is -0.147. The molecule has 6 atom stereocenters. The quantitative estimate of drug-likeness (QED) is 0.0852. The molecule has 17 heteroatoms. The van der Waals surface area contributed by atoms with Crippen molar-refractivity contribution in [2.45, 2.75) is 160 Å². The van der Waals surface area contributed by atoms with E-state index < -0.39 is 59.6 Å². The van der Waals surface area contributed by atoms with E-state index in [2.05, 4.69) is 29.8 Å². The second-order valence-electron chi connectivity index (χ2n) is 18.3. The Hall–Kier alpha value is -5.16. The van der Waals surface area contributed by atoms with Crippen molar-refractivity contribution in [3.8, 4) is 0 Å². The van der Waals surface area contributed by atoms with Crippen LogP contribution in [0, 0.1) is 11.8 Å². The largest absolute Gasteiger partial charge is 0.480 e. The number of unbranched alkanes of at least 4 members (excludes halogenated alkanes) is 2. The SMILES string of the molecule is CCC.COC(CC(=O)N1CCCC1C(OC)C(C)C(=O)NC(Cc1ccccc1)C(=O)O)C(C1CCCCC1)N(C)C(=O)CNC(=O)C(C)(C)NC(=O)CCCCCN1C(=O)C=CC1=O. The maximum atomic E-state index is 14.3. The fraction of sp³-hybridized carbons (Fsp3) is 0.673. The average Bonchev–Trinajstić information content (AvgIpc) is 3.91. The van der Waals surface area contributed by atoms with Crippen molar-refractivity contribution in [2.75, 3.05) is 40.9 Å². The summed E-state index contributed by atoms with van der Waals surface area (Å²) in [5.74, 6) is -4.58. The van der Waals surface area contributed by atoms with Crippen molar-refractivity contribution in [3.05, 3.63) is 48.0 Å². The van der Waals surface area contributed by atoms with Crippen LogP contribution >= 0.6 is 0 Å². The second kappa shape index (κ2) is 27.5. The number of carboxylic acids is 1. The number of amides is 7. The van der Waals surface area contributed by atoms with Gasteiger partial charge in [0.2, 0.25) is 29.5 Å². The molecule has 6 unspecified atom stereocenters. The molecule has 4 rings (SSSR count). The summed E-state index contributed by atoms with van der Waals surface area (Å²) in [7, 11) is 4.66. The van der Waals surface area contributed by atoms with Crippen molar-refractivity contribution in [2.24, 2.45) is 11.8 Å². The van der Waals surface area contributed by atoms with Gasteiger partial charge in [0, 0.05) is 59.4 Å². The Labute approximate surface area is 391 Å². The van der Waals surface area contributed by atoms with Crippen LogP contribution in [-0.4, -0.2) is 144 Å². The number of hydrogen-bond acceptors (Lipinski definition) is 10. The van der Waals surface area contributed by atoms with Crippen molar-refractivity contribution < 1.29 is 52.9 Å². The number of carbonyl (C=O) groups excluding carboxylic acids is 7. The molecule has 17 nitrogen and oxygen atoms in total. The minimum absolute atomic E-state index is 0.0350. The molecule has 1 aromatic rings. The van der Waals surface area contributed by atoms with Gasteiger partial charge in [-0.1, -0.05) is 83.2 Å². The molecule has 1 saturated carbocycles. The fourth-order valence-electron chi connectivity index (χ4n) is 9.14. The maximum Gasteiger partial charge on any atom is 0.326 e. The Kier molecular flexibility index (Phi) is 23.0. The van der Waals surface area contributed by atoms with E-state index in [1.807, 2.05) is 6.07 Å². The molecule has 0 spiro atoms. The van der Waals surface area contributed by atoms with E-state index in [1.54, 1.807) is 61.9 Å². The van der Waals surface area contributed by atoms with Crippen LogP contribution in [-0.2, 0) is 54.3 Å². The normalized spacial score (nSPS) is 18.6. The third-order valence-corrected chi connectivity index (χ3v) is 12.7. The molecule has 66 heavy (non-hydrogen) atoms. The van der Waals surface area contributed by atoms with Crippen molar-refractivity contribution >= 4 is 47.3 Å². The molecule has 368 valence electrons. The summed E-state index contributed by atoms with van der Waals surface area (Å²) in [6, 6.07) is 6.94. The van der Waals surface area contributed by atoms with Gasteiger partial charge in [0.15, 0.2) is 0 Å². The highest BCUT2D eigenvalue weighted by atomic mass is 16.5. The lowest BCUT2D eigenvalue weighted by atomic mass is 9.80. The molecule has 0 radical (unpaired) electrons. The molecule has 4 N–H and O–H groups in total. The minimum atomic E-state index is -1.33. The summed E-state index contributed by atoms with van der Waals surface area (Å²) in [6.07, 6.45) is 10.1. The van der Waals surface area contributed by atoms with E-state index in [9.17, 15) is 43.5 Å². The topological polar surface area (TPSA) is 221 Å². The second-order valence-corrected chi connectivity index (χ2v) is 18.3. The van der Waals surface area contributed by atoms with Crippen molar-refractivity contribution in [3.63, 3.8) is 0 Å².